The monoisotopic (exact) mass is 371 g/mol. The second-order valence-electron chi connectivity index (χ2n) is 6.49. The van der Waals surface area contributed by atoms with E-state index < -0.39 is 30.0 Å². The van der Waals surface area contributed by atoms with E-state index in [2.05, 4.69) is 15.6 Å². The number of alkyl halides is 3. The predicted molar refractivity (Wildman–Crippen MR) is 94.8 cm³/mol. The molecule has 2 atom stereocenters. The van der Waals surface area contributed by atoms with Gasteiger partial charge in [-0.3, -0.25) is 9.78 Å². The van der Waals surface area contributed by atoms with Gasteiger partial charge in [0.05, 0.1) is 12.1 Å². The minimum absolute atomic E-state index is 0.230. The fraction of sp³-hybridized carbons (Fsp3) is 0.200. The number of Topliss-reactive ketones (excluding diaryl/α,β-unsaturated/α-hetero) is 1. The Hall–Kier alpha value is -3.09. The van der Waals surface area contributed by atoms with Gasteiger partial charge in [-0.15, -0.1) is 0 Å². The molecule has 7 heteroatoms. The molecule has 0 unspecified atom stereocenters. The number of halogens is 3. The molecule has 0 bridgehead atoms. The number of nitrogens with one attached hydrogen (secondary N) is 2. The van der Waals surface area contributed by atoms with E-state index in [9.17, 15) is 18.0 Å². The number of ketones is 1. The maximum Gasteiger partial charge on any atom is 0.413 e. The highest BCUT2D eigenvalue weighted by Crippen LogP contribution is 2.41. The molecule has 2 heterocycles. The second kappa shape index (κ2) is 6.57. The largest absolute Gasteiger partial charge is 0.413 e. The lowest BCUT2D eigenvalue weighted by molar-refractivity contribution is -0.120. The van der Waals surface area contributed by atoms with Gasteiger partial charge in [-0.1, -0.05) is 18.2 Å². The Morgan fingerprint density at radius 2 is 1.78 bits per heavy atom. The van der Waals surface area contributed by atoms with E-state index in [1.54, 1.807) is 24.5 Å². The third-order valence-corrected chi connectivity index (χ3v) is 4.74. The molecular formula is C20H16F3N3O. The van der Waals surface area contributed by atoms with Crippen LogP contribution in [0.15, 0.2) is 77.8 Å². The number of carbonyl (C=O) groups excluding carboxylic acids is 1. The third-order valence-electron chi connectivity index (χ3n) is 4.74. The molecule has 0 fully saturated rings. The summed E-state index contributed by atoms with van der Waals surface area (Å²) in [7, 11) is 0. The zero-order valence-electron chi connectivity index (χ0n) is 14.1. The molecular weight excluding hydrogens is 355 g/mol. The summed E-state index contributed by atoms with van der Waals surface area (Å²) in [5.74, 6) is -0.516. The van der Waals surface area contributed by atoms with Crippen LogP contribution in [0, 0.1) is 0 Å². The van der Waals surface area contributed by atoms with Crippen LogP contribution in [0.4, 0.5) is 18.9 Å². The van der Waals surface area contributed by atoms with Crippen molar-refractivity contribution in [3.63, 3.8) is 0 Å². The number of para-hydroxylation sites is 1. The first kappa shape index (κ1) is 17.3. The van der Waals surface area contributed by atoms with E-state index in [0.29, 0.717) is 5.57 Å². The van der Waals surface area contributed by atoms with Gasteiger partial charge in [0.1, 0.15) is 0 Å². The second-order valence-corrected chi connectivity index (χ2v) is 6.49. The average molecular weight is 371 g/mol. The first-order valence-corrected chi connectivity index (χ1v) is 8.46. The topological polar surface area (TPSA) is 54.0 Å². The molecule has 0 spiro atoms. The highest BCUT2D eigenvalue weighted by atomic mass is 19.4. The first-order valence-electron chi connectivity index (χ1n) is 8.46. The molecule has 4 rings (SSSR count). The van der Waals surface area contributed by atoms with Crippen LogP contribution in [0.5, 0.6) is 0 Å². The molecule has 4 nitrogen and oxygen atoms in total. The standard InChI is InChI=1S/C20H16F3N3O/c21-20(22,23)13-10-15-17(16(27)11-13)19(25-14-4-2-1-3-5-14)18(26-15)12-6-8-24-9-7-12/h1-10,18-19,25-26H,11H2/t18-,19-/m0/s1. The number of aromatic nitrogens is 1. The Balaban J connectivity index is 1.76. The normalized spacial score (nSPS) is 22.2. The van der Waals surface area contributed by atoms with Crippen molar-refractivity contribution in [2.45, 2.75) is 24.7 Å². The van der Waals surface area contributed by atoms with Crippen LogP contribution >= 0.6 is 0 Å². The van der Waals surface area contributed by atoms with Gasteiger partial charge in [0.25, 0.3) is 0 Å². The van der Waals surface area contributed by atoms with Gasteiger partial charge < -0.3 is 10.6 Å². The maximum atomic E-state index is 13.1. The number of benzene rings is 1. The summed E-state index contributed by atoms with van der Waals surface area (Å²) < 4.78 is 39.4. The van der Waals surface area contributed by atoms with Crippen molar-refractivity contribution in [1.82, 2.24) is 10.3 Å². The van der Waals surface area contributed by atoms with Gasteiger partial charge in [0, 0.05) is 41.3 Å². The SMILES string of the molecule is O=C1CC(C(F)(F)F)=CC2=C1[C@H](Nc1ccccc1)[C@H](c1ccncc1)N2. The van der Waals surface area contributed by atoms with Crippen molar-refractivity contribution < 1.29 is 18.0 Å². The van der Waals surface area contributed by atoms with Crippen molar-refractivity contribution in [2.75, 3.05) is 5.32 Å². The molecule has 1 aromatic heterocycles. The molecule has 0 saturated heterocycles. The Kier molecular flexibility index (Phi) is 4.22. The van der Waals surface area contributed by atoms with Crippen LogP contribution in [0.25, 0.3) is 0 Å². The zero-order valence-corrected chi connectivity index (χ0v) is 14.1. The summed E-state index contributed by atoms with van der Waals surface area (Å²) in [5.41, 5.74) is 1.38. The maximum absolute atomic E-state index is 13.1. The molecule has 138 valence electrons. The highest BCUT2D eigenvalue weighted by Gasteiger charge is 2.44. The highest BCUT2D eigenvalue weighted by molar-refractivity contribution is 6.02. The Morgan fingerprint density at radius 3 is 2.44 bits per heavy atom. The van der Waals surface area contributed by atoms with Crippen LogP contribution in [0.3, 0.4) is 0 Å². The fourth-order valence-electron chi connectivity index (χ4n) is 3.50. The van der Waals surface area contributed by atoms with E-state index in [0.717, 1.165) is 17.3 Å². The summed E-state index contributed by atoms with van der Waals surface area (Å²) in [4.78, 5) is 16.6. The van der Waals surface area contributed by atoms with E-state index in [1.807, 2.05) is 30.3 Å². The number of carbonyl (C=O) groups is 1. The lowest BCUT2D eigenvalue weighted by atomic mass is 9.88. The predicted octanol–water partition coefficient (Wildman–Crippen LogP) is 3.92. The minimum Gasteiger partial charge on any atom is -0.376 e. The summed E-state index contributed by atoms with van der Waals surface area (Å²) in [6.45, 7) is 0. The Bertz CT molecular complexity index is 920. The molecule has 2 aromatic rings. The minimum atomic E-state index is -4.52. The Labute approximate surface area is 153 Å². The van der Waals surface area contributed by atoms with Crippen molar-refractivity contribution in [1.29, 1.82) is 0 Å². The quantitative estimate of drug-likeness (QED) is 0.859. The summed E-state index contributed by atoms with van der Waals surface area (Å²) >= 11 is 0. The Morgan fingerprint density at radius 1 is 1.07 bits per heavy atom. The van der Waals surface area contributed by atoms with E-state index in [-0.39, 0.29) is 11.7 Å². The smallest absolute Gasteiger partial charge is 0.376 e. The molecule has 27 heavy (non-hydrogen) atoms. The van der Waals surface area contributed by atoms with Gasteiger partial charge in [-0.05, 0) is 35.9 Å². The van der Waals surface area contributed by atoms with Gasteiger partial charge >= 0.3 is 6.18 Å². The lowest BCUT2D eigenvalue weighted by Crippen LogP contribution is -2.33. The molecule has 1 aliphatic carbocycles. The fourth-order valence-corrected chi connectivity index (χ4v) is 3.50. The number of pyridine rings is 1. The van der Waals surface area contributed by atoms with Crippen LogP contribution in [0.1, 0.15) is 18.0 Å². The number of hydrogen-bond acceptors (Lipinski definition) is 4. The van der Waals surface area contributed by atoms with Gasteiger partial charge in [-0.2, -0.15) is 13.2 Å². The van der Waals surface area contributed by atoms with Crippen LogP contribution in [-0.2, 0) is 4.79 Å². The summed E-state index contributed by atoms with van der Waals surface area (Å²) in [5, 5.41) is 6.40. The van der Waals surface area contributed by atoms with Crippen LogP contribution in [-0.4, -0.2) is 23.0 Å². The number of nitrogens with zero attached hydrogens (tertiary/aromatic N) is 1. The van der Waals surface area contributed by atoms with Crippen LogP contribution < -0.4 is 10.6 Å². The summed E-state index contributed by atoms with van der Waals surface area (Å²) in [6, 6.07) is 12.0. The van der Waals surface area contributed by atoms with Crippen molar-refractivity contribution in [2.24, 2.45) is 0 Å². The number of anilines is 1. The van der Waals surface area contributed by atoms with E-state index in [1.165, 1.54) is 0 Å². The van der Waals surface area contributed by atoms with E-state index in [4.69, 9.17) is 0 Å². The lowest BCUT2D eigenvalue weighted by Gasteiger charge is -2.25. The van der Waals surface area contributed by atoms with Crippen LogP contribution in [0.2, 0.25) is 0 Å². The molecule has 2 N–H and O–H groups in total. The number of rotatable bonds is 3. The number of hydrogen-bond donors (Lipinski definition) is 2. The molecule has 1 aliphatic heterocycles. The molecule has 2 aliphatic rings. The molecule has 0 amide bonds. The first-order chi connectivity index (χ1) is 12.9. The average Bonchev–Trinajstić information content (AvgIpc) is 3.01. The third kappa shape index (κ3) is 3.32. The molecule has 0 saturated carbocycles. The molecule has 1 aromatic carbocycles. The van der Waals surface area contributed by atoms with Crippen molar-refractivity contribution in [3.8, 4) is 0 Å². The zero-order chi connectivity index (χ0) is 19.0. The molecule has 0 radical (unpaired) electrons. The van der Waals surface area contributed by atoms with E-state index >= 15 is 0 Å². The summed E-state index contributed by atoms with van der Waals surface area (Å²) in [6.07, 6.45) is -0.871. The van der Waals surface area contributed by atoms with Crippen molar-refractivity contribution in [3.05, 3.63) is 83.3 Å². The van der Waals surface area contributed by atoms with Gasteiger partial charge in [0.2, 0.25) is 0 Å². The van der Waals surface area contributed by atoms with Gasteiger partial charge in [0.15, 0.2) is 5.78 Å². The van der Waals surface area contributed by atoms with Gasteiger partial charge in [-0.25, -0.2) is 0 Å². The van der Waals surface area contributed by atoms with Crippen molar-refractivity contribution >= 4 is 11.5 Å². The number of allylic oxidation sites excluding steroid dienone is 2.